The Bertz CT molecular complexity index is 645. The number of nitrogens with zero attached hydrogens (tertiary/aromatic N) is 2. The molecule has 0 saturated carbocycles. The second-order valence-electron chi connectivity index (χ2n) is 7.48. The van der Waals surface area contributed by atoms with Gasteiger partial charge in [0.1, 0.15) is 5.75 Å². The summed E-state index contributed by atoms with van der Waals surface area (Å²) in [4.78, 5) is 28.8. The highest BCUT2D eigenvalue weighted by molar-refractivity contribution is 5.80. The normalized spacial score (nSPS) is 18.2. The van der Waals surface area contributed by atoms with Crippen molar-refractivity contribution in [2.24, 2.45) is 5.92 Å². The molecule has 1 aromatic rings. The Hall–Kier alpha value is -2.04. The number of rotatable bonds is 5. The number of likely N-dealkylation sites (tertiary alicyclic amines) is 2. The largest absolute Gasteiger partial charge is 0.493 e. The molecule has 5 nitrogen and oxygen atoms in total. The number of aryl methyl sites for hydroxylation is 1. The molecule has 2 heterocycles. The minimum absolute atomic E-state index is 0.100. The Morgan fingerprint density at radius 2 is 1.73 bits per heavy atom. The number of benzene rings is 1. The van der Waals surface area contributed by atoms with E-state index < -0.39 is 0 Å². The fourth-order valence-corrected chi connectivity index (χ4v) is 3.86. The van der Waals surface area contributed by atoms with Crippen molar-refractivity contribution in [1.82, 2.24) is 9.80 Å². The van der Waals surface area contributed by atoms with Crippen molar-refractivity contribution in [2.75, 3.05) is 32.8 Å². The van der Waals surface area contributed by atoms with Crippen LogP contribution >= 0.6 is 0 Å². The van der Waals surface area contributed by atoms with Crippen LogP contribution in [0, 0.1) is 19.8 Å². The molecule has 2 aliphatic heterocycles. The van der Waals surface area contributed by atoms with E-state index in [1.807, 2.05) is 28.9 Å². The maximum atomic E-state index is 12.5. The molecule has 26 heavy (non-hydrogen) atoms. The van der Waals surface area contributed by atoms with E-state index in [0.717, 1.165) is 50.1 Å². The zero-order chi connectivity index (χ0) is 18.5. The lowest BCUT2D eigenvalue weighted by Crippen LogP contribution is -2.44. The number of piperidine rings is 1. The van der Waals surface area contributed by atoms with Crippen molar-refractivity contribution in [3.63, 3.8) is 0 Å². The van der Waals surface area contributed by atoms with Gasteiger partial charge in [-0.25, -0.2) is 0 Å². The number of hydrogen-bond donors (Lipinski definition) is 0. The van der Waals surface area contributed by atoms with Crippen molar-refractivity contribution < 1.29 is 14.3 Å². The number of carbonyl (C=O) groups excluding carboxylic acids is 2. The van der Waals surface area contributed by atoms with E-state index in [0.29, 0.717) is 32.0 Å². The van der Waals surface area contributed by atoms with Crippen LogP contribution in [0.15, 0.2) is 18.2 Å². The molecule has 0 aromatic heterocycles. The maximum Gasteiger partial charge on any atom is 0.225 e. The quantitative estimate of drug-likeness (QED) is 0.813. The first-order chi connectivity index (χ1) is 12.6. The van der Waals surface area contributed by atoms with Crippen molar-refractivity contribution in [2.45, 2.75) is 46.0 Å². The molecule has 1 aromatic carbocycles. The molecule has 0 radical (unpaired) electrons. The lowest BCUT2D eigenvalue weighted by Gasteiger charge is -2.33. The summed E-state index contributed by atoms with van der Waals surface area (Å²) in [5.74, 6) is 1.38. The molecule has 0 N–H and O–H groups in total. The zero-order valence-electron chi connectivity index (χ0n) is 16.0. The van der Waals surface area contributed by atoms with Crippen LogP contribution in [0.1, 0.15) is 43.2 Å². The predicted molar refractivity (Wildman–Crippen MR) is 101 cm³/mol. The fraction of sp³-hybridized carbons (Fsp3) is 0.619. The van der Waals surface area contributed by atoms with Gasteiger partial charge in [0.2, 0.25) is 11.8 Å². The SMILES string of the molecule is Cc1cccc(OCCC(=O)N2CCC(C(=O)N3CCCC3)CC2)c1C. The summed E-state index contributed by atoms with van der Waals surface area (Å²) in [7, 11) is 0. The highest BCUT2D eigenvalue weighted by atomic mass is 16.5. The molecule has 0 spiro atoms. The number of hydrogen-bond acceptors (Lipinski definition) is 3. The molecule has 5 heteroatoms. The second-order valence-corrected chi connectivity index (χ2v) is 7.48. The van der Waals surface area contributed by atoms with Gasteiger partial charge in [0.25, 0.3) is 0 Å². The third-order valence-electron chi connectivity index (χ3n) is 5.74. The van der Waals surface area contributed by atoms with Gasteiger partial charge in [-0.15, -0.1) is 0 Å². The van der Waals surface area contributed by atoms with Gasteiger partial charge >= 0.3 is 0 Å². The van der Waals surface area contributed by atoms with Crippen molar-refractivity contribution in [3.8, 4) is 5.75 Å². The van der Waals surface area contributed by atoms with Crippen LogP contribution in [0.25, 0.3) is 0 Å². The Balaban J connectivity index is 1.41. The van der Waals surface area contributed by atoms with Crippen LogP contribution < -0.4 is 4.74 Å². The van der Waals surface area contributed by atoms with Crippen molar-refractivity contribution in [1.29, 1.82) is 0 Å². The summed E-state index contributed by atoms with van der Waals surface area (Å²) < 4.78 is 5.80. The fourth-order valence-electron chi connectivity index (χ4n) is 3.86. The van der Waals surface area contributed by atoms with Crippen molar-refractivity contribution >= 4 is 11.8 Å². The third kappa shape index (κ3) is 4.37. The first-order valence-electron chi connectivity index (χ1n) is 9.82. The van der Waals surface area contributed by atoms with E-state index in [9.17, 15) is 9.59 Å². The minimum atomic E-state index is 0.100. The summed E-state index contributed by atoms with van der Waals surface area (Å²) in [5.41, 5.74) is 2.32. The molecule has 0 bridgehead atoms. The van der Waals surface area contributed by atoms with Gasteiger partial charge in [-0.3, -0.25) is 9.59 Å². The van der Waals surface area contributed by atoms with E-state index >= 15 is 0 Å². The molecular formula is C21H30N2O3. The van der Waals surface area contributed by atoms with Gasteiger partial charge in [-0.05, 0) is 56.7 Å². The molecular weight excluding hydrogens is 328 g/mol. The molecule has 2 saturated heterocycles. The highest BCUT2D eigenvalue weighted by Gasteiger charge is 2.31. The van der Waals surface area contributed by atoms with E-state index in [1.54, 1.807) is 0 Å². The molecule has 0 atom stereocenters. The molecule has 142 valence electrons. The summed E-state index contributed by atoms with van der Waals surface area (Å²) in [6.45, 7) is 7.69. The number of amides is 2. The monoisotopic (exact) mass is 358 g/mol. The van der Waals surface area contributed by atoms with E-state index in [-0.39, 0.29) is 11.8 Å². The smallest absolute Gasteiger partial charge is 0.225 e. The second kappa shape index (κ2) is 8.56. The molecule has 2 amide bonds. The Labute approximate surface area is 156 Å². The summed E-state index contributed by atoms with van der Waals surface area (Å²) in [6, 6.07) is 5.98. The summed E-state index contributed by atoms with van der Waals surface area (Å²) in [6.07, 6.45) is 4.23. The third-order valence-corrected chi connectivity index (χ3v) is 5.74. The van der Waals surface area contributed by atoms with Crippen molar-refractivity contribution in [3.05, 3.63) is 29.3 Å². The average Bonchev–Trinajstić information content (AvgIpc) is 3.19. The van der Waals surface area contributed by atoms with Crippen LogP contribution in [0.3, 0.4) is 0 Å². The number of ether oxygens (including phenoxy) is 1. The van der Waals surface area contributed by atoms with Crippen LogP contribution in [-0.4, -0.2) is 54.4 Å². The molecule has 0 unspecified atom stereocenters. The van der Waals surface area contributed by atoms with E-state index in [2.05, 4.69) is 13.0 Å². The van der Waals surface area contributed by atoms with Gasteiger partial charge in [-0.1, -0.05) is 12.1 Å². The Morgan fingerprint density at radius 3 is 2.42 bits per heavy atom. The Morgan fingerprint density at radius 1 is 1.04 bits per heavy atom. The molecule has 3 rings (SSSR count). The van der Waals surface area contributed by atoms with E-state index in [1.165, 1.54) is 5.56 Å². The van der Waals surface area contributed by atoms with Crippen LogP contribution in [0.5, 0.6) is 5.75 Å². The lowest BCUT2D eigenvalue weighted by atomic mass is 9.95. The Kier molecular flexibility index (Phi) is 6.17. The van der Waals surface area contributed by atoms with Gasteiger partial charge in [0.05, 0.1) is 13.0 Å². The number of carbonyl (C=O) groups is 2. The summed E-state index contributed by atoms with van der Waals surface area (Å²) >= 11 is 0. The van der Waals surface area contributed by atoms with Gasteiger partial charge in [0.15, 0.2) is 0 Å². The maximum absolute atomic E-state index is 12.5. The van der Waals surface area contributed by atoms with Gasteiger partial charge in [0, 0.05) is 32.1 Å². The predicted octanol–water partition coefficient (Wildman–Crippen LogP) is 2.93. The molecule has 2 aliphatic rings. The highest BCUT2D eigenvalue weighted by Crippen LogP contribution is 2.23. The topological polar surface area (TPSA) is 49.9 Å². The first-order valence-corrected chi connectivity index (χ1v) is 9.82. The van der Waals surface area contributed by atoms with Gasteiger partial charge < -0.3 is 14.5 Å². The van der Waals surface area contributed by atoms with Crippen LogP contribution in [0.4, 0.5) is 0 Å². The average molecular weight is 358 g/mol. The zero-order valence-corrected chi connectivity index (χ0v) is 16.0. The van der Waals surface area contributed by atoms with Crippen LogP contribution in [-0.2, 0) is 9.59 Å². The molecule has 2 fully saturated rings. The van der Waals surface area contributed by atoms with Crippen LogP contribution in [0.2, 0.25) is 0 Å². The standard InChI is InChI=1S/C21H30N2O3/c1-16-6-5-7-19(17(16)2)26-15-10-20(24)22-13-8-18(9-14-22)21(25)23-11-3-4-12-23/h5-7,18H,3-4,8-15H2,1-2H3. The first kappa shape index (κ1) is 18.7. The minimum Gasteiger partial charge on any atom is -0.493 e. The summed E-state index contributed by atoms with van der Waals surface area (Å²) in [5, 5.41) is 0. The lowest BCUT2D eigenvalue weighted by molar-refractivity contribution is -0.140. The van der Waals surface area contributed by atoms with E-state index in [4.69, 9.17) is 4.74 Å². The molecule has 0 aliphatic carbocycles. The van der Waals surface area contributed by atoms with Gasteiger partial charge in [-0.2, -0.15) is 0 Å².